The molecule has 4 aromatic rings. The predicted octanol–water partition coefficient (Wildman–Crippen LogP) is 9.16. The molecule has 7 rings (SSSR count). The van der Waals surface area contributed by atoms with E-state index in [9.17, 15) is 33.3 Å². The molecular weight excluding hydrogens is 736 g/mol. The van der Waals surface area contributed by atoms with Gasteiger partial charge in [0.1, 0.15) is 0 Å². The van der Waals surface area contributed by atoms with Crippen LogP contribution in [0.3, 0.4) is 0 Å². The Hall–Kier alpha value is -3.64. The first-order valence-corrected chi connectivity index (χ1v) is 20.6. The van der Waals surface area contributed by atoms with Crippen molar-refractivity contribution in [3.8, 4) is 0 Å². The maximum atomic E-state index is 14.4. The minimum Gasteiger partial charge on any atom is -0.393 e. The van der Waals surface area contributed by atoms with Crippen molar-refractivity contribution in [3.05, 3.63) is 140 Å². The molecule has 10 heteroatoms. The van der Waals surface area contributed by atoms with Gasteiger partial charge in [-0.1, -0.05) is 79.2 Å². The Morgan fingerprint density at radius 1 is 1.02 bits per heavy atom. The SMILES string of the molecule is CC1=CCCC2(C)C(CCC2(O)CN(CCc2cccs2)CC(O)COCc2ccccc2)c2ccc(cc2C(=O)c2cccc(C(F)(F)F)c2)CC(O)CC1. The molecule has 5 atom stereocenters. The third-order valence-electron chi connectivity index (χ3n) is 12.0. The zero-order valence-electron chi connectivity index (χ0n) is 32.3. The molecule has 56 heavy (non-hydrogen) atoms. The molecule has 1 aromatic heterocycles. The predicted molar refractivity (Wildman–Crippen MR) is 215 cm³/mol. The van der Waals surface area contributed by atoms with Crippen LogP contribution in [-0.4, -0.2) is 70.1 Å². The van der Waals surface area contributed by atoms with E-state index in [1.165, 1.54) is 17.0 Å². The minimum atomic E-state index is -4.61. The van der Waals surface area contributed by atoms with Gasteiger partial charge in [0.2, 0.25) is 0 Å². The van der Waals surface area contributed by atoms with Crippen molar-refractivity contribution in [2.24, 2.45) is 5.41 Å². The summed E-state index contributed by atoms with van der Waals surface area (Å²) >= 11 is 1.67. The number of benzene rings is 3. The van der Waals surface area contributed by atoms with Gasteiger partial charge in [-0.2, -0.15) is 13.2 Å². The zero-order chi connectivity index (χ0) is 39.9. The van der Waals surface area contributed by atoms with E-state index in [1.54, 1.807) is 17.4 Å². The first-order chi connectivity index (χ1) is 26.7. The fraction of sp³-hybridized carbons (Fsp3) is 0.457. The van der Waals surface area contributed by atoms with Gasteiger partial charge in [0.25, 0.3) is 0 Å². The smallest absolute Gasteiger partial charge is 0.393 e. The Balaban J connectivity index is 1.34. The number of halogens is 3. The second-order valence-electron chi connectivity index (χ2n) is 16.1. The average Bonchev–Trinajstić information content (AvgIpc) is 3.78. The summed E-state index contributed by atoms with van der Waals surface area (Å²) in [4.78, 5) is 17.7. The molecule has 1 fully saturated rings. The number of aliphatic hydroxyl groups is 3. The van der Waals surface area contributed by atoms with Crippen LogP contribution < -0.4 is 0 Å². The van der Waals surface area contributed by atoms with Crippen molar-refractivity contribution < 1.29 is 38.0 Å². The molecule has 3 aliphatic carbocycles. The lowest BCUT2D eigenvalue weighted by molar-refractivity contribution is -0.137. The summed E-state index contributed by atoms with van der Waals surface area (Å²) < 4.78 is 47.3. The van der Waals surface area contributed by atoms with Gasteiger partial charge in [0.15, 0.2) is 5.78 Å². The van der Waals surface area contributed by atoms with E-state index in [0.717, 1.165) is 35.3 Å². The van der Waals surface area contributed by atoms with Crippen LogP contribution in [0.2, 0.25) is 0 Å². The number of allylic oxidation sites excluding steroid dienone is 2. The van der Waals surface area contributed by atoms with Crippen LogP contribution in [0.4, 0.5) is 13.2 Å². The molecule has 0 spiro atoms. The molecule has 2 bridgehead atoms. The summed E-state index contributed by atoms with van der Waals surface area (Å²) in [5.41, 5.74) is 0.965. The van der Waals surface area contributed by atoms with Crippen molar-refractivity contribution in [3.63, 3.8) is 0 Å². The summed E-state index contributed by atoms with van der Waals surface area (Å²) in [5, 5.41) is 37.3. The second kappa shape index (κ2) is 18.3. The molecule has 5 unspecified atom stereocenters. The molecular formula is C46H54F3NO5S. The second-order valence-corrected chi connectivity index (χ2v) is 17.1. The van der Waals surface area contributed by atoms with Crippen molar-refractivity contribution >= 4 is 17.1 Å². The van der Waals surface area contributed by atoms with Crippen LogP contribution >= 0.6 is 11.3 Å². The lowest BCUT2D eigenvalue weighted by Gasteiger charge is -2.46. The third-order valence-corrected chi connectivity index (χ3v) is 12.9. The number of ketones is 1. The van der Waals surface area contributed by atoms with E-state index < -0.39 is 40.7 Å². The number of hydrogen-bond donors (Lipinski definition) is 3. The molecule has 0 saturated heterocycles. The van der Waals surface area contributed by atoms with Crippen LogP contribution in [0.15, 0.2) is 102 Å². The Morgan fingerprint density at radius 2 is 1.82 bits per heavy atom. The maximum Gasteiger partial charge on any atom is 0.416 e. The van der Waals surface area contributed by atoms with E-state index in [-0.39, 0.29) is 24.6 Å². The Labute approximate surface area is 332 Å². The van der Waals surface area contributed by atoms with Gasteiger partial charge in [-0.25, -0.2) is 0 Å². The van der Waals surface area contributed by atoms with Crippen molar-refractivity contribution in [2.45, 2.75) is 102 Å². The number of rotatable bonds is 13. The number of fused-ring (bicyclic) bond motifs is 8. The minimum absolute atomic E-state index is 0.0587. The maximum absolute atomic E-state index is 14.4. The summed E-state index contributed by atoms with van der Waals surface area (Å²) in [6, 6.07) is 24.0. The number of nitrogens with zero attached hydrogens (tertiary/aromatic N) is 1. The highest BCUT2D eigenvalue weighted by Crippen LogP contribution is 2.59. The highest BCUT2D eigenvalue weighted by Gasteiger charge is 2.57. The van der Waals surface area contributed by atoms with E-state index in [0.29, 0.717) is 75.8 Å². The molecule has 3 aliphatic rings. The molecule has 0 radical (unpaired) electrons. The van der Waals surface area contributed by atoms with Gasteiger partial charge in [0, 0.05) is 41.1 Å². The van der Waals surface area contributed by atoms with Crippen molar-refractivity contribution in [1.82, 2.24) is 4.90 Å². The van der Waals surface area contributed by atoms with Gasteiger partial charge in [-0.15, -0.1) is 11.3 Å². The number of carbonyl (C=O) groups excluding carboxylic acids is 1. The Kier molecular flexibility index (Phi) is 13.7. The quantitative estimate of drug-likeness (QED) is 0.0926. The van der Waals surface area contributed by atoms with E-state index >= 15 is 0 Å². The number of hydrogen-bond acceptors (Lipinski definition) is 7. The fourth-order valence-corrected chi connectivity index (χ4v) is 9.45. The van der Waals surface area contributed by atoms with Gasteiger partial charge >= 0.3 is 6.18 Å². The van der Waals surface area contributed by atoms with E-state index in [1.807, 2.05) is 53.9 Å². The average molecular weight is 790 g/mol. The molecule has 300 valence electrons. The lowest BCUT2D eigenvalue weighted by atomic mass is 9.64. The topological polar surface area (TPSA) is 90.2 Å². The fourth-order valence-electron chi connectivity index (χ4n) is 8.75. The first-order valence-electron chi connectivity index (χ1n) is 19.7. The molecule has 3 aromatic carbocycles. The number of ether oxygens (including phenoxy) is 1. The van der Waals surface area contributed by atoms with Crippen LogP contribution in [0.5, 0.6) is 0 Å². The van der Waals surface area contributed by atoms with Crippen molar-refractivity contribution in [2.75, 3.05) is 26.2 Å². The summed E-state index contributed by atoms with van der Waals surface area (Å²) in [6.45, 7) is 5.84. The van der Waals surface area contributed by atoms with Gasteiger partial charge in [-0.3, -0.25) is 9.69 Å². The molecule has 0 aliphatic heterocycles. The van der Waals surface area contributed by atoms with Gasteiger partial charge in [0.05, 0.1) is 36.6 Å². The molecule has 6 nitrogen and oxygen atoms in total. The lowest BCUT2D eigenvalue weighted by Crippen LogP contribution is -2.54. The number of alkyl halides is 3. The molecule has 1 heterocycles. The Bertz CT molecular complexity index is 1930. The number of aliphatic hydroxyl groups excluding tert-OH is 2. The molecule has 3 N–H and O–H groups in total. The van der Waals surface area contributed by atoms with E-state index in [4.69, 9.17) is 4.74 Å². The first kappa shape index (κ1) is 42.0. The van der Waals surface area contributed by atoms with Crippen molar-refractivity contribution in [1.29, 1.82) is 0 Å². The number of carbonyl (C=O) groups is 1. The van der Waals surface area contributed by atoms with Crippen LogP contribution in [0.25, 0.3) is 0 Å². The van der Waals surface area contributed by atoms with Gasteiger partial charge in [-0.05, 0) is 111 Å². The summed E-state index contributed by atoms with van der Waals surface area (Å²) in [5.74, 6) is -0.814. The van der Waals surface area contributed by atoms with Gasteiger partial charge < -0.3 is 20.1 Å². The van der Waals surface area contributed by atoms with E-state index in [2.05, 4.69) is 30.9 Å². The highest BCUT2D eigenvalue weighted by molar-refractivity contribution is 7.09. The normalized spacial score (nSPS) is 23.8. The van der Waals surface area contributed by atoms with Crippen LogP contribution in [-0.2, 0) is 30.4 Å². The molecule has 0 amide bonds. The molecule has 1 saturated carbocycles. The zero-order valence-corrected chi connectivity index (χ0v) is 33.1. The largest absolute Gasteiger partial charge is 0.416 e. The highest BCUT2D eigenvalue weighted by atomic mass is 32.1. The standard InChI is InChI=1S/C46H54F3NO5S/c1-32-9-7-21-44(2)42(40-18-16-34(25-37(51)17-15-32)26-41(40)43(53)35-12-6-13-36(27-35)46(47,48)49)19-22-45(44,54)31-50(23-20-39-14-8-24-56-39)28-38(52)30-55-29-33-10-4-3-5-11-33/h3-6,8-14,16,18,24,26-27,37-38,42,51-52,54H,7,15,17,19-23,25,28-31H2,1-2H3. The van der Waals surface area contributed by atoms with Crippen LogP contribution in [0.1, 0.15) is 101 Å². The van der Waals surface area contributed by atoms with Crippen LogP contribution in [0, 0.1) is 5.41 Å². The summed E-state index contributed by atoms with van der Waals surface area (Å²) in [7, 11) is 0. The summed E-state index contributed by atoms with van der Waals surface area (Å²) in [6.07, 6.45) is 0.644. The third kappa shape index (κ3) is 10.3. The number of thiophene rings is 1. The Morgan fingerprint density at radius 3 is 2.57 bits per heavy atom. The monoisotopic (exact) mass is 789 g/mol.